The Bertz CT molecular complexity index is 1030. The summed E-state index contributed by atoms with van der Waals surface area (Å²) in [5.41, 5.74) is 4.55. The lowest BCUT2D eigenvalue weighted by molar-refractivity contribution is -0.145. The molecule has 1 aliphatic rings. The summed E-state index contributed by atoms with van der Waals surface area (Å²) in [7, 11) is 0. The summed E-state index contributed by atoms with van der Waals surface area (Å²) in [5.74, 6) is -1.56. The van der Waals surface area contributed by atoms with E-state index in [0.29, 0.717) is 22.7 Å². The number of hydrogen-bond donors (Lipinski definition) is 2. The van der Waals surface area contributed by atoms with Gasteiger partial charge >= 0.3 is 6.18 Å². The molecular formula is C27H33F3N2. The minimum atomic E-state index is -4.31. The van der Waals surface area contributed by atoms with E-state index < -0.39 is 12.1 Å². The van der Waals surface area contributed by atoms with Crippen molar-refractivity contribution in [3.63, 3.8) is 0 Å². The third-order valence-electron chi connectivity index (χ3n) is 6.78. The van der Waals surface area contributed by atoms with Crippen LogP contribution in [0.5, 0.6) is 0 Å². The fourth-order valence-corrected chi connectivity index (χ4v) is 4.93. The first-order chi connectivity index (χ1) is 15.4. The molecule has 1 unspecified atom stereocenters. The summed E-state index contributed by atoms with van der Waals surface area (Å²) in [6.07, 6.45) is 4.52. The van der Waals surface area contributed by atoms with Gasteiger partial charge in [0.25, 0.3) is 0 Å². The topological polar surface area (TPSA) is 27.8 Å². The molecule has 1 aliphatic carbocycles. The van der Waals surface area contributed by atoms with E-state index in [4.69, 9.17) is 0 Å². The van der Waals surface area contributed by atoms with Crippen molar-refractivity contribution >= 4 is 16.6 Å². The van der Waals surface area contributed by atoms with Crippen molar-refractivity contribution in [3.05, 3.63) is 53.6 Å². The summed E-state index contributed by atoms with van der Waals surface area (Å²) in [6, 6.07) is 13.9. The molecule has 0 spiro atoms. The molecule has 4 rings (SSSR count). The Hall–Kier alpha value is -2.43. The average molecular weight is 443 g/mol. The number of unbranched alkanes of at least 4 members (excludes halogenated alkanes) is 1. The predicted molar refractivity (Wildman–Crippen MR) is 127 cm³/mol. The number of alkyl halides is 3. The van der Waals surface area contributed by atoms with Crippen LogP contribution in [0, 0.1) is 0 Å². The van der Waals surface area contributed by atoms with Gasteiger partial charge in [0.05, 0.1) is 22.8 Å². The van der Waals surface area contributed by atoms with E-state index in [0.717, 1.165) is 54.4 Å². The number of aryl methyl sites for hydroxylation is 1. The zero-order valence-corrected chi connectivity index (χ0v) is 19.0. The molecule has 0 amide bonds. The monoisotopic (exact) mass is 442 g/mol. The van der Waals surface area contributed by atoms with Gasteiger partial charge in [-0.05, 0) is 61.4 Å². The molecular weight excluding hydrogens is 409 g/mol. The maximum absolute atomic E-state index is 14.0. The second-order valence-electron chi connectivity index (χ2n) is 9.19. The first-order valence-corrected chi connectivity index (χ1v) is 12.0. The van der Waals surface area contributed by atoms with Crippen LogP contribution in [0.3, 0.4) is 0 Å². The fourth-order valence-electron chi connectivity index (χ4n) is 4.93. The quantitative estimate of drug-likeness (QED) is 0.377. The van der Waals surface area contributed by atoms with E-state index in [-0.39, 0.29) is 0 Å². The fraction of sp³-hybridized carbons (Fsp3) is 0.481. The lowest BCUT2D eigenvalue weighted by Gasteiger charge is -2.24. The Morgan fingerprint density at radius 2 is 1.78 bits per heavy atom. The predicted octanol–water partition coefficient (Wildman–Crippen LogP) is 8.59. The van der Waals surface area contributed by atoms with Crippen molar-refractivity contribution in [1.29, 1.82) is 0 Å². The van der Waals surface area contributed by atoms with E-state index in [1.54, 1.807) is 0 Å². The van der Waals surface area contributed by atoms with Gasteiger partial charge in [-0.25, -0.2) is 0 Å². The molecule has 1 heterocycles. The number of aromatic nitrogens is 1. The molecule has 2 nitrogen and oxygen atoms in total. The normalized spacial score (nSPS) is 16.4. The number of fused-ring (bicyclic) bond motifs is 1. The Kier molecular flexibility index (Phi) is 6.82. The van der Waals surface area contributed by atoms with Crippen LogP contribution in [-0.4, -0.2) is 17.2 Å². The first kappa shape index (κ1) is 22.8. The Morgan fingerprint density at radius 1 is 1.06 bits per heavy atom. The van der Waals surface area contributed by atoms with E-state index in [9.17, 15) is 13.2 Å². The summed E-state index contributed by atoms with van der Waals surface area (Å²) >= 11 is 0. The second-order valence-corrected chi connectivity index (χ2v) is 9.19. The molecule has 0 radical (unpaired) electrons. The number of halogens is 3. The molecule has 5 heteroatoms. The van der Waals surface area contributed by atoms with E-state index in [1.165, 1.54) is 26.2 Å². The summed E-state index contributed by atoms with van der Waals surface area (Å²) in [5, 5.41) is 4.39. The Balaban J connectivity index is 1.91. The number of rotatable bonds is 7. The van der Waals surface area contributed by atoms with Gasteiger partial charge in [0.15, 0.2) is 0 Å². The third kappa shape index (κ3) is 4.82. The smallest absolute Gasteiger partial charge is 0.381 e. The molecule has 3 aromatic rings. The molecule has 1 aromatic heterocycles. The Labute approximate surface area is 188 Å². The van der Waals surface area contributed by atoms with Crippen LogP contribution < -0.4 is 5.32 Å². The van der Waals surface area contributed by atoms with Crippen molar-refractivity contribution in [3.8, 4) is 11.3 Å². The van der Waals surface area contributed by atoms with Crippen LogP contribution in [0.1, 0.15) is 75.8 Å². The highest BCUT2D eigenvalue weighted by molar-refractivity contribution is 5.99. The maximum atomic E-state index is 14.0. The number of benzene rings is 2. The van der Waals surface area contributed by atoms with E-state index >= 15 is 0 Å². The van der Waals surface area contributed by atoms with Gasteiger partial charge in [-0.15, -0.1) is 0 Å². The van der Waals surface area contributed by atoms with Crippen molar-refractivity contribution in [2.24, 2.45) is 0 Å². The van der Waals surface area contributed by atoms with Gasteiger partial charge in [0.2, 0.25) is 0 Å². The molecule has 0 saturated heterocycles. The number of hydrogen-bond acceptors (Lipinski definition) is 1. The zero-order valence-electron chi connectivity index (χ0n) is 19.0. The van der Waals surface area contributed by atoms with Gasteiger partial charge in [-0.1, -0.05) is 62.9 Å². The van der Waals surface area contributed by atoms with Crippen LogP contribution in [-0.2, 0) is 6.42 Å². The highest BCUT2D eigenvalue weighted by Gasteiger charge is 2.40. The van der Waals surface area contributed by atoms with Crippen molar-refractivity contribution < 1.29 is 13.2 Å². The maximum Gasteiger partial charge on any atom is 0.395 e. The van der Waals surface area contributed by atoms with Crippen LogP contribution in [0.4, 0.5) is 18.9 Å². The van der Waals surface area contributed by atoms with Crippen molar-refractivity contribution in [1.82, 2.24) is 4.98 Å². The van der Waals surface area contributed by atoms with Gasteiger partial charge in [-0.2, -0.15) is 13.2 Å². The first-order valence-electron chi connectivity index (χ1n) is 12.0. The van der Waals surface area contributed by atoms with Crippen molar-refractivity contribution in [2.75, 3.05) is 5.32 Å². The number of nitrogens with one attached hydrogen (secondary N) is 2. The van der Waals surface area contributed by atoms with Crippen LogP contribution in [0.2, 0.25) is 0 Å². The average Bonchev–Trinajstić information content (AvgIpc) is 3.17. The SMILES string of the molecule is CCCCc1cc(NC2CCCCC2)c2[nH]c(-c3ccccc3)c(C(C)C(F)(F)F)c2c1. The molecule has 32 heavy (non-hydrogen) atoms. The van der Waals surface area contributed by atoms with Gasteiger partial charge < -0.3 is 10.3 Å². The highest BCUT2D eigenvalue weighted by Crippen LogP contribution is 2.45. The highest BCUT2D eigenvalue weighted by atomic mass is 19.4. The molecule has 2 N–H and O–H groups in total. The molecule has 1 saturated carbocycles. The molecule has 1 atom stereocenters. The molecule has 172 valence electrons. The standard InChI is InChI=1S/C27H33F3N2/c1-3-4-11-19-16-22-24(18(2)27(28,29)30)25(20-12-7-5-8-13-20)32-26(22)23(17-19)31-21-14-9-6-10-15-21/h5,7-8,12-13,16-18,21,31-32H,3-4,6,9-11,14-15H2,1-2H3. The minimum Gasteiger partial charge on any atom is -0.381 e. The third-order valence-corrected chi connectivity index (χ3v) is 6.78. The zero-order chi connectivity index (χ0) is 22.7. The van der Waals surface area contributed by atoms with Gasteiger partial charge in [-0.3, -0.25) is 0 Å². The number of anilines is 1. The molecule has 1 fully saturated rings. The van der Waals surface area contributed by atoms with Gasteiger partial charge in [0.1, 0.15) is 0 Å². The van der Waals surface area contributed by atoms with Crippen LogP contribution >= 0.6 is 0 Å². The lowest BCUT2D eigenvalue weighted by Crippen LogP contribution is -2.22. The molecule has 2 aromatic carbocycles. The molecule has 0 aliphatic heterocycles. The Morgan fingerprint density at radius 3 is 2.44 bits per heavy atom. The van der Waals surface area contributed by atoms with Crippen LogP contribution in [0.15, 0.2) is 42.5 Å². The number of H-pyrrole nitrogens is 1. The van der Waals surface area contributed by atoms with E-state index in [1.807, 2.05) is 36.4 Å². The lowest BCUT2D eigenvalue weighted by atomic mass is 9.92. The van der Waals surface area contributed by atoms with Gasteiger partial charge in [0, 0.05) is 11.4 Å². The second kappa shape index (κ2) is 9.60. The minimum absolute atomic E-state index is 0.351. The van der Waals surface area contributed by atoms with E-state index in [2.05, 4.69) is 23.3 Å². The van der Waals surface area contributed by atoms with Crippen LogP contribution in [0.25, 0.3) is 22.2 Å². The summed E-state index contributed by atoms with van der Waals surface area (Å²) in [4.78, 5) is 3.41. The largest absolute Gasteiger partial charge is 0.395 e. The summed E-state index contributed by atoms with van der Waals surface area (Å²) in [6.45, 7) is 3.42. The molecule has 0 bridgehead atoms. The number of aromatic amines is 1. The van der Waals surface area contributed by atoms with Crippen molar-refractivity contribution in [2.45, 2.75) is 83.4 Å². The summed E-state index contributed by atoms with van der Waals surface area (Å²) < 4.78 is 41.9.